The quantitative estimate of drug-likeness (QED) is 0.744. The van der Waals surface area contributed by atoms with Crippen LogP contribution >= 0.6 is 15.9 Å². The predicted octanol–water partition coefficient (Wildman–Crippen LogP) is 4.11. The number of anilines is 1. The lowest BCUT2D eigenvalue weighted by atomic mass is 10.1. The van der Waals surface area contributed by atoms with Crippen molar-refractivity contribution in [3.05, 3.63) is 58.1 Å². The number of carbonyl (C=O) groups excluding carboxylic acids is 1. The van der Waals surface area contributed by atoms with E-state index in [1.807, 2.05) is 37.3 Å². The zero-order valence-corrected chi connectivity index (χ0v) is 17.6. The molecule has 1 amide bonds. The van der Waals surface area contributed by atoms with E-state index >= 15 is 0 Å². The molecule has 5 nitrogen and oxygen atoms in total. The van der Waals surface area contributed by atoms with Gasteiger partial charge in [0.25, 0.3) is 0 Å². The first-order valence-corrected chi connectivity index (χ1v) is 11.2. The molecule has 0 aromatic heterocycles. The van der Waals surface area contributed by atoms with Gasteiger partial charge in [0.05, 0.1) is 12.1 Å². The second kappa shape index (κ2) is 8.54. The van der Waals surface area contributed by atoms with Crippen molar-refractivity contribution in [2.24, 2.45) is 0 Å². The molecule has 2 aromatic rings. The van der Waals surface area contributed by atoms with Crippen molar-refractivity contribution in [1.29, 1.82) is 0 Å². The number of piperidine rings is 1. The number of hydrogen-bond donors (Lipinski definition) is 1. The van der Waals surface area contributed by atoms with Crippen molar-refractivity contribution in [2.45, 2.75) is 37.5 Å². The fraction of sp³-hybridized carbons (Fsp3) is 0.350. The molecule has 1 fully saturated rings. The lowest BCUT2D eigenvalue weighted by Crippen LogP contribution is -2.36. The van der Waals surface area contributed by atoms with E-state index in [-0.39, 0.29) is 17.2 Å². The van der Waals surface area contributed by atoms with Crippen LogP contribution in [0.5, 0.6) is 0 Å². The van der Waals surface area contributed by atoms with Gasteiger partial charge in [-0.15, -0.1) is 0 Å². The molecule has 1 aliphatic heterocycles. The van der Waals surface area contributed by atoms with Crippen molar-refractivity contribution in [3.8, 4) is 0 Å². The van der Waals surface area contributed by atoms with Gasteiger partial charge in [-0.2, -0.15) is 4.31 Å². The average molecular weight is 451 g/mol. The maximum atomic E-state index is 13.1. The highest BCUT2D eigenvalue weighted by Gasteiger charge is 2.28. The number of hydrogen-bond acceptors (Lipinski definition) is 3. The molecule has 0 bridgehead atoms. The van der Waals surface area contributed by atoms with Crippen molar-refractivity contribution in [1.82, 2.24) is 4.31 Å². The van der Waals surface area contributed by atoms with E-state index in [1.165, 1.54) is 4.31 Å². The van der Waals surface area contributed by atoms with Crippen LogP contribution in [0, 0.1) is 6.92 Å². The molecule has 1 aliphatic rings. The highest BCUT2D eigenvalue weighted by molar-refractivity contribution is 9.10. The first-order valence-electron chi connectivity index (χ1n) is 9.01. The maximum absolute atomic E-state index is 13.1. The molecule has 1 saturated heterocycles. The Balaban J connectivity index is 1.84. The van der Waals surface area contributed by atoms with Crippen molar-refractivity contribution in [2.75, 3.05) is 18.4 Å². The second-order valence-corrected chi connectivity index (χ2v) is 9.64. The van der Waals surface area contributed by atoms with Gasteiger partial charge in [-0.3, -0.25) is 4.79 Å². The summed E-state index contributed by atoms with van der Waals surface area (Å²) in [4.78, 5) is 12.7. The van der Waals surface area contributed by atoms with Gasteiger partial charge in [-0.05, 0) is 55.2 Å². The van der Waals surface area contributed by atoms with E-state index < -0.39 is 10.0 Å². The summed E-state index contributed by atoms with van der Waals surface area (Å²) < 4.78 is 28.6. The van der Waals surface area contributed by atoms with E-state index in [0.29, 0.717) is 18.8 Å². The Morgan fingerprint density at radius 1 is 1.11 bits per heavy atom. The molecule has 0 saturated carbocycles. The highest BCUT2D eigenvalue weighted by atomic mass is 79.9. The fourth-order valence-electron chi connectivity index (χ4n) is 3.22. The number of carbonyl (C=O) groups is 1. The number of rotatable bonds is 5. The van der Waals surface area contributed by atoms with E-state index in [2.05, 4.69) is 21.2 Å². The van der Waals surface area contributed by atoms with Crippen molar-refractivity contribution >= 4 is 37.5 Å². The molecular weight excluding hydrogens is 428 g/mol. The molecule has 7 heteroatoms. The standard InChI is InChI=1S/C20H23BrN2O3S/c1-15-8-9-18(22-20(24)14-16-6-5-7-17(21)13-16)19(12-15)27(25,26)23-10-3-2-4-11-23/h5-9,12-13H,2-4,10-11,14H2,1H3,(H,22,24). The summed E-state index contributed by atoms with van der Waals surface area (Å²) in [6.45, 7) is 2.91. The molecule has 2 aromatic carbocycles. The molecule has 0 spiro atoms. The van der Waals surface area contributed by atoms with Crippen LogP contribution < -0.4 is 5.32 Å². The third-order valence-electron chi connectivity index (χ3n) is 4.60. The van der Waals surface area contributed by atoms with Gasteiger partial charge in [0.15, 0.2) is 0 Å². The zero-order valence-electron chi connectivity index (χ0n) is 15.2. The molecule has 0 aliphatic carbocycles. The van der Waals surface area contributed by atoms with Gasteiger partial charge in [0.2, 0.25) is 15.9 Å². The number of benzene rings is 2. The topological polar surface area (TPSA) is 66.5 Å². The number of sulfonamides is 1. The van der Waals surface area contributed by atoms with Crippen LogP contribution in [0.4, 0.5) is 5.69 Å². The Hall–Kier alpha value is -1.70. The van der Waals surface area contributed by atoms with Gasteiger partial charge in [0.1, 0.15) is 4.90 Å². The van der Waals surface area contributed by atoms with Crippen molar-refractivity contribution in [3.63, 3.8) is 0 Å². The van der Waals surface area contributed by atoms with Crippen LogP contribution in [0.2, 0.25) is 0 Å². The number of nitrogens with zero attached hydrogens (tertiary/aromatic N) is 1. The third-order valence-corrected chi connectivity index (χ3v) is 7.03. The molecule has 3 rings (SSSR count). The highest BCUT2D eigenvalue weighted by Crippen LogP contribution is 2.28. The summed E-state index contributed by atoms with van der Waals surface area (Å²) in [7, 11) is -3.63. The summed E-state index contributed by atoms with van der Waals surface area (Å²) in [5.41, 5.74) is 2.04. The minimum Gasteiger partial charge on any atom is -0.325 e. The minimum absolute atomic E-state index is 0.173. The SMILES string of the molecule is Cc1ccc(NC(=O)Cc2cccc(Br)c2)c(S(=O)(=O)N2CCCCC2)c1. The van der Waals surface area contributed by atoms with Crippen LogP contribution in [-0.4, -0.2) is 31.7 Å². The van der Waals surface area contributed by atoms with Crippen LogP contribution in [0.3, 0.4) is 0 Å². The number of nitrogens with one attached hydrogen (secondary N) is 1. The second-order valence-electron chi connectivity index (χ2n) is 6.82. The Bertz CT molecular complexity index is 938. The van der Waals surface area contributed by atoms with E-state index in [1.54, 1.807) is 12.1 Å². The molecule has 1 heterocycles. The molecule has 0 unspecified atom stereocenters. The molecular formula is C20H23BrN2O3S. The summed E-state index contributed by atoms with van der Waals surface area (Å²) in [6.07, 6.45) is 2.97. The molecule has 0 radical (unpaired) electrons. The van der Waals surface area contributed by atoms with E-state index in [4.69, 9.17) is 0 Å². The Kier molecular flexibility index (Phi) is 6.34. The molecule has 0 atom stereocenters. The Labute approximate surface area is 169 Å². The van der Waals surface area contributed by atoms with Crippen LogP contribution in [-0.2, 0) is 21.2 Å². The first-order chi connectivity index (χ1) is 12.9. The minimum atomic E-state index is -3.63. The first kappa shape index (κ1) is 20.0. The number of amides is 1. The third kappa shape index (κ3) is 4.97. The average Bonchev–Trinajstić information content (AvgIpc) is 2.64. The van der Waals surface area contributed by atoms with Gasteiger partial charge in [0, 0.05) is 17.6 Å². The smallest absolute Gasteiger partial charge is 0.245 e. The summed E-state index contributed by atoms with van der Waals surface area (Å²) in [5.74, 6) is -0.243. The largest absolute Gasteiger partial charge is 0.325 e. The Morgan fingerprint density at radius 2 is 1.85 bits per heavy atom. The lowest BCUT2D eigenvalue weighted by Gasteiger charge is -2.27. The fourth-order valence-corrected chi connectivity index (χ4v) is 5.41. The summed E-state index contributed by atoms with van der Waals surface area (Å²) in [5, 5.41) is 2.79. The Morgan fingerprint density at radius 3 is 2.56 bits per heavy atom. The van der Waals surface area contributed by atoms with E-state index in [9.17, 15) is 13.2 Å². The molecule has 144 valence electrons. The van der Waals surface area contributed by atoms with Crippen molar-refractivity contribution < 1.29 is 13.2 Å². The molecule has 27 heavy (non-hydrogen) atoms. The van der Waals surface area contributed by atoms with Gasteiger partial charge >= 0.3 is 0 Å². The maximum Gasteiger partial charge on any atom is 0.245 e. The van der Waals surface area contributed by atoms with Gasteiger partial charge in [-0.25, -0.2) is 8.42 Å². The normalized spacial score (nSPS) is 15.5. The monoisotopic (exact) mass is 450 g/mol. The van der Waals surface area contributed by atoms with Crippen LogP contribution in [0.25, 0.3) is 0 Å². The summed E-state index contributed by atoms with van der Waals surface area (Å²) in [6, 6.07) is 12.6. The number of aryl methyl sites for hydroxylation is 1. The summed E-state index contributed by atoms with van der Waals surface area (Å²) >= 11 is 3.39. The van der Waals surface area contributed by atoms with Crippen LogP contribution in [0.1, 0.15) is 30.4 Å². The van der Waals surface area contributed by atoms with Crippen LogP contribution in [0.15, 0.2) is 51.8 Å². The number of halogens is 1. The zero-order chi connectivity index (χ0) is 19.4. The molecule has 1 N–H and O–H groups in total. The lowest BCUT2D eigenvalue weighted by molar-refractivity contribution is -0.115. The van der Waals surface area contributed by atoms with Gasteiger partial charge < -0.3 is 5.32 Å². The van der Waals surface area contributed by atoms with E-state index in [0.717, 1.165) is 34.9 Å². The predicted molar refractivity (Wildman–Crippen MR) is 110 cm³/mol. The van der Waals surface area contributed by atoms with Gasteiger partial charge in [-0.1, -0.05) is 40.5 Å².